The van der Waals surface area contributed by atoms with Gasteiger partial charge in [0.2, 0.25) is 5.67 Å². The van der Waals surface area contributed by atoms with Crippen LogP contribution in [0.2, 0.25) is 0 Å². The molecule has 0 rings (SSSR count). The van der Waals surface area contributed by atoms with E-state index in [1.54, 1.807) is 0 Å². The Hall–Kier alpha value is -1.93. The number of hydrogen-bond acceptors (Lipinski definition) is 2. The maximum atomic E-state index is 13.8. The van der Waals surface area contributed by atoms with E-state index in [4.69, 9.17) is 0 Å². The summed E-state index contributed by atoms with van der Waals surface area (Å²) in [6.07, 6.45) is -40.3. The Kier molecular flexibility index (Phi) is 16.3. The third kappa shape index (κ3) is 9.54. The second kappa shape index (κ2) is 14.5. The van der Waals surface area contributed by atoms with E-state index in [0.717, 1.165) is 7.11 Å². The van der Waals surface area contributed by atoms with Gasteiger partial charge in [0.25, 0.3) is 0 Å². The molecule has 1 atom stereocenters. The number of carbonyl (C=O) groups excluding carboxylic acids is 1. The molecule has 0 amide bonds. The third-order valence-electron chi connectivity index (χ3n) is 4.47. The van der Waals surface area contributed by atoms with E-state index < -0.39 is 79.0 Å². The van der Waals surface area contributed by atoms with Crippen molar-refractivity contribution < 1.29 is 97.3 Å². The van der Waals surface area contributed by atoms with E-state index in [1.165, 1.54) is 6.92 Å². The van der Waals surface area contributed by atoms with E-state index in [0.29, 0.717) is 0 Å². The molecule has 0 aromatic heterocycles. The lowest BCUT2D eigenvalue weighted by Gasteiger charge is -2.48. The van der Waals surface area contributed by atoms with Crippen LogP contribution in [-0.2, 0) is 9.53 Å². The molecule has 0 bridgehead atoms. The van der Waals surface area contributed by atoms with E-state index in [2.05, 4.69) is 4.74 Å². The summed E-state index contributed by atoms with van der Waals surface area (Å²) in [5.74, 6) is -11.9. The van der Waals surface area contributed by atoms with Crippen molar-refractivity contribution in [1.29, 1.82) is 0 Å². The molecular weight excluding hydrogens is 640 g/mol. The van der Waals surface area contributed by atoms with E-state index in [-0.39, 0.29) is 0 Å². The molecule has 0 fully saturated rings. The molecule has 41 heavy (non-hydrogen) atoms. The number of ether oxygens (including phenoxy) is 1. The van der Waals surface area contributed by atoms with Crippen molar-refractivity contribution in [2.75, 3.05) is 7.11 Å². The molecule has 0 saturated carbocycles. The molecular formula is C19H24F20O2. The first-order chi connectivity index (χ1) is 17.7. The number of carbonyl (C=O) groups is 1. The average Bonchev–Trinajstić information content (AvgIpc) is 2.77. The lowest BCUT2D eigenvalue weighted by Crippen LogP contribution is -2.76. The quantitative estimate of drug-likeness (QED) is 0.216. The van der Waals surface area contributed by atoms with Crippen LogP contribution in [-0.4, -0.2) is 66.9 Å². The van der Waals surface area contributed by atoms with Gasteiger partial charge in [0.1, 0.15) is 5.92 Å². The molecule has 0 spiro atoms. The molecule has 0 aliphatic carbocycles. The van der Waals surface area contributed by atoms with E-state index in [9.17, 15) is 92.6 Å². The lowest BCUT2D eigenvalue weighted by molar-refractivity contribution is -0.443. The van der Waals surface area contributed by atoms with Crippen LogP contribution in [0.25, 0.3) is 0 Å². The van der Waals surface area contributed by atoms with Crippen molar-refractivity contribution in [1.82, 2.24) is 0 Å². The van der Waals surface area contributed by atoms with Crippen LogP contribution >= 0.6 is 0 Å². The Morgan fingerprint density at radius 1 is 0.537 bits per heavy atom. The van der Waals surface area contributed by atoms with Crippen molar-refractivity contribution in [2.45, 2.75) is 102 Å². The summed E-state index contributed by atoms with van der Waals surface area (Å²) in [6.45, 7) is 7.51. The summed E-state index contributed by atoms with van der Waals surface area (Å²) in [6, 6.07) is 0. The van der Waals surface area contributed by atoms with Crippen molar-refractivity contribution in [3.8, 4) is 0 Å². The molecule has 0 aliphatic heterocycles. The number of halogens is 20. The smallest absolute Gasteiger partial charge is 0.432 e. The van der Waals surface area contributed by atoms with Crippen LogP contribution in [0.15, 0.2) is 0 Å². The van der Waals surface area contributed by atoms with Crippen molar-refractivity contribution in [2.24, 2.45) is 5.92 Å². The van der Waals surface area contributed by atoms with Crippen LogP contribution in [0.5, 0.6) is 0 Å². The minimum absolute atomic E-state index is 0.514. The zero-order chi connectivity index (χ0) is 35.1. The fourth-order valence-corrected chi connectivity index (χ4v) is 2.45. The predicted octanol–water partition coefficient (Wildman–Crippen LogP) is 9.82. The highest BCUT2D eigenvalue weighted by Gasteiger charge is 2.93. The second-order valence-electron chi connectivity index (χ2n) is 6.97. The van der Waals surface area contributed by atoms with Crippen molar-refractivity contribution >= 4 is 5.97 Å². The Labute approximate surface area is 219 Å². The number of esters is 1. The van der Waals surface area contributed by atoms with Crippen molar-refractivity contribution in [3.63, 3.8) is 0 Å². The van der Waals surface area contributed by atoms with Gasteiger partial charge in [-0.3, -0.25) is 0 Å². The molecule has 0 heterocycles. The number of alkyl halides is 20. The second-order valence-corrected chi connectivity index (χ2v) is 6.97. The maximum Gasteiger partial charge on any atom is 0.432 e. The SMILES string of the molecule is CC.CC.CC(F)(C(C(F)(C(F)(F)F)C(F)(F)F)C(F)(C(F)(F)F)C(F)(F)F)C(F)(F)F.CCC(F)(F)C(=O)OC. The molecule has 0 aromatic rings. The monoisotopic (exact) mass is 664 g/mol. The third-order valence-corrected chi connectivity index (χ3v) is 4.47. The zero-order valence-corrected chi connectivity index (χ0v) is 21.7. The summed E-state index contributed by atoms with van der Waals surface area (Å²) in [4.78, 5) is 10.1. The molecule has 0 N–H and O–H groups in total. The number of hydrogen-bond donors (Lipinski definition) is 0. The number of rotatable bonds is 5. The normalized spacial score (nSPS) is 15.3. The molecule has 0 saturated heterocycles. The van der Waals surface area contributed by atoms with Gasteiger partial charge >= 0.3 is 54.1 Å². The summed E-state index contributed by atoms with van der Waals surface area (Å²) < 4.78 is 257. The molecule has 0 radical (unpaired) electrons. The van der Waals surface area contributed by atoms with Gasteiger partial charge in [0, 0.05) is 6.42 Å². The Morgan fingerprint density at radius 2 is 0.756 bits per heavy atom. The Morgan fingerprint density at radius 3 is 0.854 bits per heavy atom. The van der Waals surface area contributed by atoms with Crippen LogP contribution in [0.3, 0.4) is 0 Å². The maximum absolute atomic E-state index is 13.8. The highest BCUT2D eigenvalue weighted by molar-refractivity contribution is 5.77. The van der Waals surface area contributed by atoms with Crippen molar-refractivity contribution in [3.05, 3.63) is 0 Å². The standard InChI is InChI=1S/C10H4F18.C5H8F2O2.2C2H6/c1-3(11,6(14,15)16)2(4(12,7(17,18)19)8(20,21)22)5(13,9(23,24)25)10(26,27)28;1-3-5(6,7)4(8)9-2;2*1-2/h2H,1H3;3H2,1-2H3;2*1-2H3. The van der Waals surface area contributed by atoms with Gasteiger partial charge in [-0.25, -0.2) is 18.0 Å². The average molecular weight is 664 g/mol. The predicted molar refractivity (Wildman–Crippen MR) is 101 cm³/mol. The first-order valence-electron chi connectivity index (χ1n) is 10.5. The number of methoxy groups -OCH3 is 1. The molecule has 252 valence electrons. The van der Waals surface area contributed by atoms with Gasteiger partial charge in [-0.1, -0.05) is 34.6 Å². The zero-order valence-electron chi connectivity index (χ0n) is 21.7. The first kappa shape index (κ1) is 46.0. The van der Waals surface area contributed by atoms with Gasteiger partial charge in [0.05, 0.1) is 7.11 Å². The highest BCUT2D eigenvalue weighted by Crippen LogP contribution is 2.66. The fourth-order valence-electron chi connectivity index (χ4n) is 2.45. The minimum Gasteiger partial charge on any atom is -0.465 e. The van der Waals surface area contributed by atoms with Crippen LogP contribution in [0.1, 0.15) is 48.0 Å². The molecule has 22 heteroatoms. The summed E-state index contributed by atoms with van der Waals surface area (Å²) in [7, 11) is 0.936. The topological polar surface area (TPSA) is 26.3 Å². The lowest BCUT2D eigenvalue weighted by atomic mass is 9.66. The first-order valence-corrected chi connectivity index (χ1v) is 10.5. The molecule has 2 nitrogen and oxygen atoms in total. The Balaban J connectivity index is -0.000000440. The molecule has 0 aliphatic rings. The molecule has 1 unspecified atom stereocenters. The van der Waals surface area contributed by atoms with Gasteiger partial charge in [-0.15, -0.1) is 0 Å². The van der Waals surface area contributed by atoms with Gasteiger partial charge < -0.3 is 4.74 Å². The highest BCUT2D eigenvalue weighted by atomic mass is 19.4. The van der Waals surface area contributed by atoms with Crippen LogP contribution in [0, 0.1) is 5.92 Å². The van der Waals surface area contributed by atoms with Crippen LogP contribution < -0.4 is 0 Å². The summed E-state index contributed by atoms with van der Waals surface area (Å²) in [5, 5.41) is 0. The van der Waals surface area contributed by atoms with Crippen LogP contribution in [0.4, 0.5) is 87.8 Å². The summed E-state index contributed by atoms with van der Waals surface area (Å²) >= 11 is 0. The van der Waals surface area contributed by atoms with E-state index in [1.807, 2.05) is 27.7 Å². The fraction of sp³-hybridized carbons (Fsp3) is 0.947. The summed E-state index contributed by atoms with van der Waals surface area (Å²) in [5.41, 5.74) is -23.5. The largest absolute Gasteiger partial charge is 0.465 e. The Bertz CT molecular complexity index is 704. The van der Waals surface area contributed by atoms with E-state index >= 15 is 0 Å². The van der Waals surface area contributed by atoms with Gasteiger partial charge in [-0.2, -0.15) is 74.6 Å². The minimum atomic E-state index is -8.28. The van der Waals surface area contributed by atoms with Gasteiger partial charge in [0.15, 0.2) is 0 Å². The van der Waals surface area contributed by atoms with Gasteiger partial charge in [-0.05, 0) is 6.92 Å². The molecule has 0 aromatic carbocycles.